The average Bonchev–Trinajstić information content (AvgIpc) is 3.31. The van der Waals surface area contributed by atoms with Crippen LogP contribution in [-0.4, -0.2) is 33.9 Å². The van der Waals surface area contributed by atoms with Gasteiger partial charge in [-0.25, -0.2) is 4.98 Å². The van der Waals surface area contributed by atoms with Crippen molar-refractivity contribution in [2.45, 2.75) is 23.2 Å². The number of thioether (sulfide) groups is 1. The molecule has 0 bridgehead atoms. The quantitative estimate of drug-likeness (QED) is 0.564. The maximum Gasteiger partial charge on any atom is 0.260 e. The number of carbonyl (C=O) groups excluding carboxylic acids is 1. The second-order valence-electron chi connectivity index (χ2n) is 5.95. The second kappa shape index (κ2) is 7.01. The summed E-state index contributed by atoms with van der Waals surface area (Å²) in [6, 6.07) is 11.5. The van der Waals surface area contributed by atoms with Crippen molar-refractivity contribution in [2.24, 2.45) is 0 Å². The summed E-state index contributed by atoms with van der Waals surface area (Å²) in [5, 5.41) is 2.53. The third-order valence-corrected chi connectivity index (χ3v) is 6.22. The van der Waals surface area contributed by atoms with E-state index < -0.39 is 5.25 Å². The Labute approximate surface area is 153 Å². The molecule has 25 heavy (non-hydrogen) atoms. The fraction of sp³-hybridized carbons (Fsp3) is 0.278. The van der Waals surface area contributed by atoms with Crippen molar-refractivity contribution in [1.29, 1.82) is 0 Å². The van der Waals surface area contributed by atoms with Gasteiger partial charge in [0.15, 0.2) is 5.16 Å². The number of nitrogens with zero attached hydrogens (tertiary/aromatic N) is 2. The first-order chi connectivity index (χ1) is 12.2. The van der Waals surface area contributed by atoms with Crippen LogP contribution in [0.3, 0.4) is 0 Å². The van der Waals surface area contributed by atoms with Gasteiger partial charge in [-0.2, -0.15) is 0 Å². The number of rotatable bonds is 4. The molecule has 1 aliphatic rings. The number of fused-ring (bicyclic) bond motifs is 1. The number of nitrogens with one attached hydrogen (secondary N) is 1. The third kappa shape index (κ3) is 3.34. The number of thiophene rings is 1. The number of H-pyrrole nitrogens is 1. The van der Waals surface area contributed by atoms with E-state index >= 15 is 0 Å². The lowest BCUT2D eigenvalue weighted by Gasteiger charge is -2.22. The minimum atomic E-state index is -0.403. The Morgan fingerprint density at radius 1 is 1.20 bits per heavy atom. The van der Waals surface area contributed by atoms with Gasteiger partial charge in [0.25, 0.3) is 5.56 Å². The predicted octanol–water partition coefficient (Wildman–Crippen LogP) is 3.44. The molecule has 0 radical (unpaired) electrons. The van der Waals surface area contributed by atoms with Crippen LogP contribution in [-0.2, 0) is 4.79 Å². The summed E-state index contributed by atoms with van der Waals surface area (Å²) in [7, 11) is 0. The van der Waals surface area contributed by atoms with E-state index in [-0.39, 0.29) is 11.5 Å². The van der Waals surface area contributed by atoms with E-state index in [9.17, 15) is 9.59 Å². The van der Waals surface area contributed by atoms with E-state index in [1.807, 2.05) is 40.6 Å². The summed E-state index contributed by atoms with van der Waals surface area (Å²) in [6.45, 7) is 1.60. The van der Waals surface area contributed by atoms with Crippen LogP contribution in [0.4, 0.5) is 0 Å². The predicted molar refractivity (Wildman–Crippen MR) is 101 cm³/mol. The van der Waals surface area contributed by atoms with Gasteiger partial charge >= 0.3 is 0 Å². The van der Waals surface area contributed by atoms with Crippen LogP contribution in [0.15, 0.2) is 51.7 Å². The molecule has 1 amide bonds. The summed E-state index contributed by atoms with van der Waals surface area (Å²) >= 11 is 2.75. The van der Waals surface area contributed by atoms with Crippen LogP contribution >= 0.6 is 23.1 Å². The molecule has 0 aliphatic carbocycles. The molecule has 0 unspecified atom stereocenters. The van der Waals surface area contributed by atoms with Crippen molar-refractivity contribution in [2.75, 3.05) is 13.1 Å². The Balaban J connectivity index is 1.69. The van der Waals surface area contributed by atoms with Crippen LogP contribution < -0.4 is 5.56 Å². The number of amides is 1. The number of hydrogen-bond donors (Lipinski definition) is 1. The zero-order valence-corrected chi connectivity index (χ0v) is 15.1. The Kier molecular flexibility index (Phi) is 4.59. The molecule has 3 aromatic rings. The second-order valence-corrected chi connectivity index (χ2v) is 7.94. The summed E-state index contributed by atoms with van der Waals surface area (Å²) in [5.74, 6) is 0.0858. The van der Waals surface area contributed by atoms with E-state index in [4.69, 9.17) is 0 Å². The first kappa shape index (κ1) is 16.4. The molecule has 0 saturated carbocycles. The Bertz CT molecular complexity index is 946. The SMILES string of the molecule is O=C([C@@H](Sc1nc2sccc2c(=O)[nH]1)c1ccccc1)N1CCCC1. The number of carbonyl (C=O) groups is 1. The lowest BCUT2D eigenvalue weighted by Crippen LogP contribution is -2.31. The molecule has 2 aromatic heterocycles. The fourth-order valence-corrected chi connectivity index (χ4v) is 4.89. The molecule has 3 heterocycles. The van der Waals surface area contributed by atoms with Gasteiger partial charge < -0.3 is 9.88 Å². The van der Waals surface area contributed by atoms with Crippen LogP contribution in [0.25, 0.3) is 10.2 Å². The molecular formula is C18H17N3O2S2. The minimum absolute atomic E-state index is 0.0858. The molecule has 1 saturated heterocycles. The highest BCUT2D eigenvalue weighted by atomic mass is 32.2. The Morgan fingerprint density at radius 3 is 2.72 bits per heavy atom. The number of benzene rings is 1. The fourth-order valence-electron chi connectivity index (χ4n) is 3.00. The molecule has 1 aliphatic heterocycles. The first-order valence-corrected chi connectivity index (χ1v) is 9.96. The van der Waals surface area contributed by atoms with Crippen molar-refractivity contribution >= 4 is 39.2 Å². The maximum absolute atomic E-state index is 13.0. The molecule has 1 N–H and O–H groups in total. The number of likely N-dealkylation sites (tertiary alicyclic amines) is 1. The standard InChI is InChI=1S/C18H17N3O2S2/c22-15-13-8-11-24-16(13)20-18(19-15)25-14(12-6-2-1-3-7-12)17(23)21-9-4-5-10-21/h1-3,6-8,11,14H,4-5,9-10H2,(H,19,20,22)/t14-/m0/s1. The van der Waals surface area contributed by atoms with Gasteiger partial charge in [-0.05, 0) is 29.9 Å². The first-order valence-electron chi connectivity index (χ1n) is 8.20. The topological polar surface area (TPSA) is 66.1 Å². The van der Waals surface area contributed by atoms with Crippen molar-refractivity contribution in [3.05, 3.63) is 57.7 Å². The molecule has 5 nitrogen and oxygen atoms in total. The van der Waals surface area contributed by atoms with Crippen molar-refractivity contribution in [1.82, 2.24) is 14.9 Å². The van der Waals surface area contributed by atoms with E-state index in [1.54, 1.807) is 6.07 Å². The molecule has 4 rings (SSSR count). The lowest BCUT2D eigenvalue weighted by molar-refractivity contribution is -0.129. The average molecular weight is 371 g/mol. The highest BCUT2D eigenvalue weighted by molar-refractivity contribution is 8.00. The zero-order chi connectivity index (χ0) is 17.2. The summed E-state index contributed by atoms with van der Waals surface area (Å²) in [6.07, 6.45) is 2.10. The summed E-state index contributed by atoms with van der Waals surface area (Å²) in [5.41, 5.74) is 0.771. The monoisotopic (exact) mass is 371 g/mol. The lowest BCUT2D eigenvalue weighted by atomic mass is 10.1. The minimum Gasteiger partial charge on any atom is -0.341 e. The van der Waals surface area contributed by atoms with Crippen molar-refractivity contribution in [3.8, 4) is 0 Å². The van der Waals surface area contributed by atoms with Crippen LogP contribution in [0.1, 0.15) is 23.7 Å². The van der Waals surface area contributed by atoms with Crippen LogP contribution in [0, 0.1) is 0 Å². The smallest absolute Gasteiger partial charge is 0.260 e. The summed E-state index contributed by atoms with van der Waals surface area (Å²) in [4.78, 5) is 35.2. The van der Waals surface area contributed by atoms with Gasteiger partial charge in [0, 0.05) is 13.1 Å². The molecule has 7 heteroatoms. The molecular weight excluding hydrogens is 354 g/mol. The normalized spacial score (nSPS) is 15.6. The van der Waals surface area contributed by atoms with Gasteiger partial charge in [0.05, 0.1) is 5.39 Å². The summed E-state index contributed by atoms with van der Waals surface area (Å²) < 4.78 is 0. The highest BCUT2D eigenvalue weighted by Gasteiger charge is 2.29. The van der Waals surface area contributed by atoms with Crippen molar-refractivity contribution in [3.63, 3.8) is 0 Å². The molecule has 1 atom stereocenters. The van der Waals surface area contributed by atoms with Gasteiger partial charge in [0.1, 0.15) is 10.1 Å². The van der Waals surface area contributed by atoms with Gasteiger partial charge in [0.2, 0.25) is 5.91 Å². The van der Waals surface area contributed by atoms with Gasteiger partial charge in [-0.1, -0.05) is 42.1 Å². The zero-order valence-electron chi connectivity index (χ0n) is 13.5. The van der Waals surface area contributed by atoms with Crippen LogP contribution in [0.2, 0.25) is 0 Å². The van der Waals surface area contributed by atoms with Crippen molar-refractivity contribution < 1.29 is 4.79 Å². The third-order valence-electron chi connectivity index (χ3n) is 4.29. The van der Waals surface area contributed by atoms with E-state index in [0.717, 1.165) is 31.5 Å². The molecule has 0 spiro atoms. The Hall–Kier alpha value is -2.12. The van der Waals surface area contributed by atoms with Gasteiger partial charge in [-0.3, -0.25) is 9.59 Å². The number of hydrogen-bond acceptors (Lipinski definition) is 5. The molecule has 1 aromatic carbocycles. The van der Waals surface area contributed by atoms with E-state index in [2.05, 4.69) is 9.97 Å². The number of aromatic nitrogens is 2. The van der Waals surface area contributed by atoms with Crippen LogP contribution in [0.5, 0.6) is 0 Å². The van der Waals surface area contributed by atoms with Gasteiger partial charge in [-0.15, -0.1) is 11.3 Å². The van der Waals surface area contributed by atoms with E-state index in [1.165, 1.54) is 23.1 Å². The van der Waals surface area contributed by atoms with E-state index in [0.29, 0.717) is 15.4 Å². The highest BCUT2D eigenvalue weighted by Crippen LogP contribution is 2.36. The largest absolute Gasteiger partial charge is 0.341 e. The Morgan fingerprint density at radius 2 is 1.96 bits per heavy atom. The maximum atomic E-state index is 13.0. The molecule has 1 fully saturated rings. The number of aromatic amines is 1. The molecule has 128 valence electrons.